The van der Waals surface area contributed by atoms with E-state index in [4.69, 9.17) is 4.74 Å². The Balaban J connectivity index is 1.54. The van der Waals surface area contributed by atoms with E-state index in [1.165, 1.54) is 11.3 Å². The Bertz CT molecular complexity index is 519. The molecule has 0 saturated carbocycles. The molecule has 2 atom stereocenters. The number of aromatic nitrogens is 1. The number of carbonyl (C=O) groups is 2. The maximum Gasteiger partial charge on any atom is 0.226 e. The number of carbonyl (C=O) groups excluding carboxylic acids is 2. The number of thiazole rings is 1. The molecule has 3 rings (SSSR count). The van der Waals surface area contributed by atoms with Gasteiger partial charge >= 0.3 is 0 Å². The largest absolute Gasteiger partial charge is 0.381 e. The third-order valence-electron chi connectivity index (χ3n) is 3.93. The number of hydrogen-bond acceptors (Lipinski definition) is 6. The fourth-order valence-corrected chi connectivity index (χ4v) is 3.56. The van der Waals surface area contributed by atoms with Crippen molar-refractivity contribution in [2.45, 2.75) is 19.3 Å². The molecule has 1 aromatic heterocycles. The second-order valence-corrected chi connectivity index (χ2v) is 6.60. The molecule has 0 aliphatic carbocycles. The number of amides is 1. The average molecular weight is 309 g/mol. The van der Waals surface area contributed by atoms with Crippen LogP contribution in [0.15, 0.2) is 6.20 Å². The molecule has 0 aromatic carbocycles. The zero-order valence-electron chi connectivity index (χ0n) is 11.8. The van der Waals surface area contributed by atoms with Gasteiger partial charge in [0.1, 0.15) is 0 Å². The van der Waals surface area contributed by atoms with Gasteiger partial charge in [0.15, 0.2) is 10.9 Å². The predicted octanol–water partition coefficient (Wildman–Crippen LogP) is 1.30. The molecule has 1 amide bonds. The first-order chi connectivity index (χ1) is 10.2. The number of rotatable bonds is 5. The predicted molar refractivity (Wildman–Crippen MR) is 79.6 cm³/mol. The van der Waals surface area contributed by atoms with Gasteiger partial charge < -0.3 is 15.4 Å². The Kier molecular flexibility index (Phi) is 4.62. The summed E-state index contributed by atoms with van der Waals surface area (Å²) < 4.78 is 5.23. The summed E-state index contributed by atoms with van der Waals surface area (Å²) in [7, 11) is 0. The van der Waals surface area contributed by atoms with Crippen molar-refractivity contribution in [3.63, 3.8) is 0 Å². The van der Waals surface area contributed by atoms with Crippen LogP contribution < -0.4 is 10.6 Å². The summed E-state index contributed by atoms with van der Waals surface area (Å²) in [5.41, 5.74) is 0. The molecule has 21 heavy (non-hydrogen) atoms. The molecule has 0 bridgehead atoms. The normalized spacial score (nSPS) is 25.1. The Hall–Kier alpha value is -1.31. The number of nitrogens with zero attached hydrogens (tertiary/aromatic N) is 1. The highest BCUT2D eigenvalue weighted by Crippen LogP contribution is 2.25. The average Bonchev–Trinajstić information content (AvgIpc) is 3.20. The maximum absolute atomic E-state index is 12.2. The molecule has 6 nitrogen and oxygen atoms in total. The standard InChI is InChI=1S/C14H19N3O3S/c18-12(5-9-1-3-15-6-9)17-14-16-7-11(21-14)13(19)10-2-4-20-8-10/h7,9-10,15H,1-6,8H2,(H,16,17,18)/t9-,10?/m1/s1. The monoisotopic (exact) mass is 309 g/mol. The van der Waals surface area contributed by atoms with Gasteiger partial charge in [0.05, 0.1) is 17.7 Å². The van der Waals surface area contributed by atoms with Gasteiger partial charge in [-0.2, -0.15) is 0 Å². The zero-order chi connectivity index (χ0) is 14.7. The van der Waals surface area contributed by atoms with E-state index in [0.29, 0.717) is 35.6 Å². The molecule has 2 N–H and O–H groups in total. The molecule has 0 radical (unpaired) electrons. The van der Waals surface area contributed by atoms with Crippen LogP contribution in [0.2, 0.25) is 0 Å². The van der Waals surface area contributed by atoms with Gasteiger partial charge in [0.2, 0.25) is 5.91 Å². The van der Waals surface area contributed by atoms with Crippen molar-refractivity contribution in [2.75, 3.05) is 31.6 Å². The van der Waals surface area contributed by atoms with Crippen LogP contribution >= 0.6 is 11.3 Å². The summed E-state index contributed by atoms with van der Waals surface area (Å²) in [4.78, 5) is 28.9. The van der Waals surface area contributed by atoms with Crippen LogP contribution in [-0.4, -0.2) is 43.0 Å². The highest BCUT2D eigenvalue weighted by atomic mass is 32.1. The zero-order valence-corrected chi connectivity index (χ0v) is 12.6. The molecular formula is C14H19N3O3S. The smallest absolute Gasteiger partial charge is 0.226 e. The van der Waals surface area contributed by atoms with E-state index in [1.807, 2.05) is 0 Å². The van der Waals surface area contributed by atoms with Gasteiger partial charge in [0.25, 0.3) is 0 Å². The number of ether oxygens (including phenoxy) is 1. The first-order valence-corrected chi connectivity index (χ1v) is 8.12. The van der Waals surface area contributed by atoms with Crippen LogP contribution in [0.1, 0.15) is 28.9 Å². The summed E-state index contributed by atoms with van der Waals surface area (Å²) in [6.07, 6.45) is 3.87. The highest BCUT2D eigenvalue weighted by molar-refractivity contribution is 7.17. The van der Waals surface area contributed by atoms with E-state index in [1.54, 1.807) is 6.20 Å². The van der Waals surface area contributed by atoms with Crippen molar-refractivity contribution in [1.82, 2.24) is 10.3 Å². The van der Waals surface area contributed by atoms with Crippen molar-refractivity contribution >= 4 is 28.2 Å². The molecule has 1 aromatic rings. The van der Waals surface area contributed by atoms with Crippen LogP contribution in [0, 0.1) is 11.8 Å². The van der Waals surface area contributed by atoms with Gasteiger partial charge in [-0.25, -0.2) is 4.98 Å². The Morgan fingerprint density at radius 2 is 2.38 bits per heavy atom. The van der Waals surface area contributed by atoms with Crippen LogP contribution in [-0.2, 0) is 9.53 Å². The van der Waals surface area contributed by atoms with E-state index in [9.17, 15) is 9.59 Å². The lowest BCUT2D eigenvalue weighted by Crippen LogP contribution is -2.18. The van der Waals surface area contributed by atoms with E-state index >= 15 is 0 Å². The van der Waals surface area contributed by atoms with Crippen LogP contribution in [0.25, 0.3) is 0 Å². The second kappa shape index (κ2) is 6.64. The van der Waals surface area contributed by atoms with Crippen molar-refractivity contribution in [3.05, 3.63) is 11.1 Å². The van der Waals surface area contributed by atoms with Crippen molar-refractivity contribution < 1.29 is 14.3 Å². The summed E-state index contributed by atoms with van der Waals surface area (Å²) >= 11 is 1.25. The molecule has 114 valence electrons. The van der Waals surface area contributed by atoms with E-state index in [-0.39, 0.29) is 17.6 Å². The number of Topliss-reactive ketones (excluding diaryl/α,β-unsaturated/α-hetero) is 1. The minimum atomic E-state index is -0.0569. The molecular weight excluding hydrogens is 290 g/mol. The van der Waals surface area contributed by atoms with Gasteiger partial charge in [-0.3, -0.25) is 9.59 Å². The fraction of sp³-hybridized carbons (Fsp3) is 0.643. The lowest BCUT2D eigenvalue weighted by atomic mass is 10.0. The maximum atomic E-state index is 12.2. The van der Waals surface area contributed by atoms with Gasteiger partial charge in [0, 0.05) is 18.9 Å². The number of ketones is 1. The minimum absolute atomic E-state index is 0.0266. The van der Waals surface area contributed by atoms with Crippen LogP contribution in [0.5, 0.6) is 0 Å². The summed E-state index contributed by atoms with van der Waals surface area (Å²) in [5.74, 6) is 0.395. The van der Waals surface area contributed by atoms with E-state index in [0.717, 1.165) is 25.9 Å². The van der Waals surface area contributed by atoms with Gasteiger partial charge in [-0.15, -0.1) is 0 Å². The first kappa shape index (κ1) is 14.6. The van der Waals surface area contributed by atoms with Crippen LogP contribution in [0.4, 0.5) is 5.13 Å². The fourth-order valence-electron chi connectivity index (χ4n) is 2.71. The molecule has 7 heteroatoms. The molecule has 2 saturated heterocycles. The molecule has 0 spiro atoms. The van der Waals surface area contributed by atoms with Crippen molar-refractivity contribution in [3.8, 4) is 0 Å². The second-order valence-electron chi connectivity index (χ2n) is 5.57. The summed E-state index contributed by atoms with van der Waals surface area (Å²) in [5, 5.41) is 6.54. The minimum Gasteiger partial charge on any atom is -0.381 e. The van der Waals surface area contributed by atoms with Crippen molar-refractivity contribution in [1.29, 1.82) is 0 Å². The summed E-state index contributed by atoms with van der Waals surface area (Å²) in [6, 6.07) is 0. The molecule has 3 heterocycles. The SMILES string of the molecule is O=C(C[C@H]1CCNC1)Nc1ncc(C(=O)C2CCOC2)s1. The molecule has 2 aliphatic rings. The first-order valence-electron chi connectivity index (χ1n) is 7.30. The lowest BCUT2D eigenvalue weighted by Gasteiger charge is -2.06. The topological polar surface area (TPSA) is 80.3 Å². The Morgan fingerprint density at radius 3 is 3.10 bits per heavy atom. The third kappa shape index (κ3) is 3.66. The van der Waals surface area contributed by atoms with Crippen molar-refractivity contribution in [2.24, 2.45) is 11.8 Å². The Labute approximate surface area is 127 Å². The van der Waals surface area contributed by atoms with E-state index < -0.39 is 0 Å². The van der Waals surface area contributed by atoms with E-state index in [2.05, 4.69) is 15.6 Å². The number of hydrogen-bond donors (Lipinski definition) is 2. The lowest BCUT2D eigenvalue weighted by molar-refractivity contribution is -0.116. The number of nitrogens with one attached hydrogen (secondary N) is 2. The Morgan fingerprint density at radius 1 is 1.48 bits per heavy atom. The molecule has 2 aliphatic heterocycles. The van der Waals surface area contributed by atoms with Crippen LogP contribution in [0.3, 0.4) is 0 Å². The van der Waals surface area contributed by atoms with Gasteiger partial charge in [-0.05, 0) is 31.8 Å². The molecule has 1 unspecified atom stereocenters. The summed E-state index contributed by atoms with van der Waals surface area (Å²) in [6.45, 7) is 3.02. The number of anilines is 1. The quantitative estimate of drug-likeness (QED) is 0.801. The third-order valence-corrected chi connectivity index (χ3v) is 4.86. The molecule has 2 fully saturated rings. The highest BCUT2D eigenvalue weighted by Gasteiger charge is 2.26. The van der Waals surface area contributed by atoms with Gasteiger partial charge in [-0.1, -0.05) is 11.3 Å².